The molecular formula is C16H25N. The Morgan fingerprint density at radius 3 is 2.24 bits per heavy atom. The molecule has 1 aromatic carbocycles. The van der Waals surface area contributed by atoms with Crippen LogP contribution in [0.15, 0.2) is 24.3 Å². The lowest BCUT2D eigenvalue weighted by molar-refractivity contribution is 0.588. The van der Waals surface area contributed by atoms with Crippen LogP contribution in [0.25, 0.3) is 0 Å². The average Bonchev–Trinajstić information content (AvgIpc) is 2.94. The molecule has 1 heteroatoms. The summed E-state index contributed by atoms with van der Waals surface area (Å²) in [5, 5.41) is 3.55. The summed E-state index contributed by atoms with van der Waals surface area (Å²) in [6.45, 7) is 11.3. The summed E-state index contributed by atoms with van der Waals surface area (Å²) in [7, 11) is 0. The van der Waals surface area contributed by atoms with Gasteiger partial charge in [0.25, 0.3) is 0 Å². The van der Waals surface area contributed by atoms with E-state index in [1.54, 1.807) is 0 Å². The lowest BCUT2D eigenvalue weighted by Crippen LogP contribution is -2.17. The Hall–Kier alpha value is -0.820. The predicted octanol–water partition coefficient (Wildman–Crippen LogP) is 3.73. The van der Waals surface area contributed by atoms with Crippen LogP contribution in [0.4, 0.5) is 0 Å². The fourth-order valence-corrected chi connectivity index (χ4v) is 2.21. The number of nitrogens with one attached hydrogen (secondary N) is 1. The molecule has 0 bridgehead atoms. The molecule has 1 aromatic rings. The Morgan fingerprint density at radius 2 is 1.76 bits per heavy atom. The van der Waals surface area contributed by atoms with E-state index in [1.807, 2.05) is 0 Å². The molecule has 0 saturated heterocycles. The maximum Gasteiger partial charge on any atom is 0.0205 e. The Balaban J connectivity index is 1.81. The van der Waals surface area contributed by atoms with Crippen LogP contribution in [-0.2, 0) is 12.0 Å². The summed E-state index contributed by atoms with van der Waals surface area (Å²) >= 11 is 0. The molecule has 2 rings (SSSR count). The maximum atomic E-state index is 3.55. The van der Waals surface area contributed by atoms with Crippen LogP contribution in [0.5, 0.6) is 0 Å². The van der Waals surface area contributed by atoms with E-state index >= 15 is 0 Å². The normalized spacial score (nSPS) is 23.8. The molecule has 1 fully saturated rings. The van der Waals surface area contributed by atoms with Crippen LogP contribution in [0.1, 0.15) is 45.2 Å². The van der Waals surface area contributed by atoms with Crippen molar-refractivity contribution >= 4 is 0 Å². The van der Waals surface area contributed by atoms with Gasteiger partial charge in [-0.3, -0.25) is 0 Å². The molecule has 0 aromatic heterocycles. The Morgan fingerprint density at radius 1 is 1.18 bits per heavy atom. The Kier molecular flexibility index (Phi) is 3.58. The smallest absolute Gasteiger partial charge is 0.0205 e. The van der Waals surface area contributed by atoms with E-state index < -0.39 is 0 Å². The van der Waals surface area contributed by atoms with Crippen LogP contribution < -0.4 is 5.32 Å². The number of hydrogen-bond acceptors (Lipinski definition) is 1. The van der Waals surface area contributed by atoms with Gasteiger partial charge in [0.1, 0.15) is 0 Å². The van der Waals surface area contributed by atoms with Gasteiger partial charge < -0.3 is 5.32 Å². The summed E-state index contributed by atoms with van der Waals surface area (Å²) in [6, 6.07) is 9.03. The molecule has 0 aliphatic heterocycles. The molecule has 1 saturated carbocycles. The zero-order valence-electron chi connectivity index (χ0n) is 11.6. The molecule has 1 aliphatic carbocycles. The zero-order chi connectivity index (χ0) is 12.5. The lowest BCUT2D eigenvalue weighted by Gasteiger charge is -2.19. The number of rotatable bonds is 4. The summed E-state index contributed by atoms with van der Waals surface area (Å²) in [5.74, 6) is 1.88. The lowest BCUT2D eigenvalue weighted by atomic mass is 9.87. The molecule has 94 valence electrons. The first-order valence-electron chi connectivity index (χ1n) is 6.77. The topological polar surface area (TPSA) is 12.0 Å². The molecule has 0 radical (unpaired) electrons. The second-order valence-electron chi connectivity index (χ2n) is 6.55. The second-order valence-corrected chi connectivity index (χ2v) is 6.55. The largest absolute Gasteiger partial charge is 0.312 e. The SMILES string of the molecule is CC1CC1CNCc1ccc(C(C)(C)C)cc1. The van der Waals surface area contributed by atoms with Gasteiger partial charge >= 0.3 is 0 Å². The number of benzene rings is 1. The van der Waals surface area contributed by atoms with E-state index in [-0.39, 0.29) is 5.41 Å². The Bertz CT molecular complexity index is 358. The highest BCUT2D eigenvalue weighted by Gasteiger charge is 2.31. The monoisotopic (exact) mass is 231 g/mol. The van der Waals surface area contributed by atoms with Gasteiger partial charge in [0.2, 0.25) is 0 Å². The summed E-state index contributed by atoms with van der Waals surface area (Å²) < 4.78 is 0. The molecule has 0 heterocycles. The van der Waals surface area contributed by atoms with Crippen molar-refractivity contribution in [2.75, 3.05) is 6.54 Å². The third-order valence-electron chi connectivity index (χ3n) is 3.83. The van der Waals surface area contributed by atoms with E-state index in [2.05, 4.69) is 57.3 Å². The van der Waals surface area contributed by atoms with E-state index in [0.717, 1.165) is 18.4 Å². The zero-order valence-corrected chi connectivity index (χ0v) is 11.6. The fourth-order valence-electron chi connectivity index (χ4n) is 2.21. The van der Waals surface area contributed by atoms with E-state index in [1.165, 1.54) is 24.1 Å². The van der Waals surface area contributed by atoms with Crippen molar-refractivity contribution in [2.45, 2.75) is 46.1 Å². The van der Waals surface area contributed by atoms with Gasteiger partial charge in [-0.05, 0) is 41.3 Å². The van der Waals surface area contributed by atoms with Crippen molar-refractivity contribution in [3.05, 3.63) is 35.4 Å². The first-order valence-corrected chi connectivity index (χ1v) is 6.77. The number of hydrogen-bond donors (Lipinski definition) is 1. The van der Waals surface area contributed by atoms with E-state index in [0.29, 0.717) is 0 Å². The van der Waals surface area contributed by atoms with Crippen molar-refractivity contribution in [2.24, 2.45) is 11.8 Å². The molecule has 1 N–H and O–H groups in total. The highest BCUT2D eigenvalue weighted by Crippen LogP contribution is 2.36. The summed E-state index contributed by atoms with van der Waals surface area (Å²) in [5.41, 5.74) is 3.07. The summed E-state index contributed by atoms with van der Waals surface area (Å²) in [6.07, 6.45) is 1.41. The van der Waals surface area contributed by atoms with Crippen molar-refractivity contribution in [3.8, 4) is 0 Å². The molecule has 0 amide bonds. The van der Waals surface area contributed by atoms with Gasteiger partial charge in [-0.25, -0.2) is 0 Å². The van der Waals surface area contributed by atoms with Gasteiger partial charge in [-0.15, -0.1) is 0 Å². The second kappa shape index (κ2) is 4.81. The van der Waals surface area contributed by atoms with Gasteiger partial charge in [0.15, 0.2) is 0 Å². The molecule has 2 unspecified atom stereocenters. The van der Waals surface area contributed by atoms with Crippen molar-refractivity contribution < 1.29 is 0 Å². The minimum atomic E-state index is 0.259. The minimum Gasteiger partial charge on any atom is -0.312 e. The first-order chi connectivity index (χ1) is 7.97. The molecule has 17 heavy (non-hydrogen) atoms. The van der Waals surface area contributed by atoms with Crippen molar-refractivity contribution in [3.63, 3.8) is 0 Å². The van der Waals surface area contributed by atoms with Crippen LogP contribution in [0.2, 0.25) is 0 Å². The Labute approximate surface area is 106 Å². The summed E-state index contributed by atoms with van der Waals surface area (Å²) in [4.78, 5) is 0. The average molecular weight is 231 g/mol. The van der Waals surface area contributed by atoms with Crippen LogP contribution in [-0.4, -0.2) is 6.54 Å². The van der Waals surface area contributed by atoms with Crippen molar-refractivity contribution in [1.82, 2.24) is 5.32 Å². The minimum absolute atomic E-state index is 0.259. The fraction of sp³-hybridized carbons (Fsp3) is 0.625. The quantitative estimate of drug-likeness (QED) is 0.832. The van der Waals surface area contributed by atoms with Crippen LogP contribution in [0, 0.1) is 11.8 Å². The maximum absolute atomic E-state index is 3.55. The highest BCUT2D eigenvalue weighted by atomic mass is 14.9. The van der Waals surface area contributed by atoms with E-state index in [4.69, 9.17) is 0 Å². The third kappa shape index (κ3) is 3.57. The molecule has 1 aliphatic rings. The predicted molar refractivity (Wildman–Crippen MR) is 74.1 cm³/mol. The van der Waals surface area contributed by atoms with Gasteiger partial charge in [0, 0.05) is 6.54 Å². The molecular weight excluding hydrogens is 206 g/mol. The molecule has 0 spiro atoms. The molecule has 2 atom stereocenters. The highest BCUT2D eigenvalue weighted by molar-refractivity contribution is 5.27. The van der Waals surface area contributed by atoms with Gasteiger partial charge in [0.05, 0.1) is 0 Å². The third-order valence-corrected chi connectivity index (χ3v) is 3.83. The van der Waals surface area contributed by atoms with Crippen LogP contribution >= 0.6 is 0 Å². The van der Waals surface area contributed by atoms with Gasteiger partial charge in [-0.1, -0.05) is 52.0 Å². The van der Waals surface area contributed by atoms with E-state index in [9.17, 15) is 0 Å². The van der Waals surface area contributed by atoms with Crippen molar-refractivity contribution in [1.29, 1.82) is 0 Å². The van der Waals surface area contributed by atoms with Crippen LogP contribution in [0.3, 0.4) is 0 Å². The van der Waals surface area contributed by atoms with Gasteiger partial charge in [-0.2, -0.15) is 0 Å². The first kappa shape index (κ1) is 12.6. The standard InChI is InChI=1S/C16H25N/c1-12-9-14(12)11-17-10-13-5-7-15(8-6-13)16(2,3)4/h5-8,12,14,17H,9-11H2,1-4H3. The molecule has 1 nitrogen and oxygen atoms in total.